The fraction of sp³-hybridized carbons (Fsp3) is 0.652. The molecule has 0 aliphatic carbocycles. The number of nitrogens with one attached hydrogen (secondary N) is 3. The molecule has 3 N–H and O–H groups in total. The van der Waals surface area contributed by atoms with Crippen LogP contribution in [0, 0.1) is 0 Å². The zero-order chi connectivity index (χ0) is 23.0. The number of guanidine groups is 1. The maximum absolute atomic E-state index is 11.7. The van der Waals surface area contributed by atoms with Gasteiger partial charge in [0.15, 0.2) is 5.96 Å². The summed E-state index contributed by atoms with van der Waals surface area (Å²) in [5, 5.41) is 9.29. The van der Waals surface area contributed by atoms with E-state index in [2.05, 4.69) is 39.1 Å². The predicted octanol–water partition coefficient (Wildman–Crippen LogP) is 3.83. The number of hydrogen-bond donors (Lipinski definition) is 3. The second-order valence-electron chi connectivity index (χ2n) is 7.97. The van der Waals surface area contributed by atoms with Gasteiger partial charge in [-0.3, -0.25) is 0 Å². The molecule has 0 aliphatic heterocycles. The van der Waals surface area contributed by atoms with Crippen LogP contribution in [0.25, 0.3) is 0 Å². The number of halogens is 1. The van der Waals surface area contributed by atoms with Crippen LogP contribution in [0.2, 0.25) is 0 Å². The molecule has 0 fully saturated rings. The van der Waals surface area contributed by atoms with E-state index in [-0.39, 0.29) is 24.0 Å². The SMILES string of the molecule is CCNC(=NCc1cccc(COCCOCC)c1)NCCCNC(=O)OC(C)(C)C.I. The van der Waals surface area contributed by atoms with Crippen molar-refractivity contribution in [2.75, 3.05) is 39.5 Å². The summed E-state index contributed by atoms with van der Waals surface area (Å²) in [6.07, 6.45) is 0.368. The Morgan fingerprint density at radius 2 is 1.69 bits per heavy atom. The van der Waals surface area contributed by atoms with E-state index >= 15 is 0 Å². The Bertz CT molecular complexity index is 666. The minimum atomic E-state index is -0.486. The van der Waals surface area contributed by atoms with Gasteiger partial charge >= 0.3 is 6.09 Å². The van der Waals surface area contributed by atoms with Crippen LogP contribution in [0.1, 0.15) is 52.2 Å². The molecule has 0 unspecified atom stereocenters. The molecule has 1 aromatic carbocycles. The van der Waals surface area contributed by atoms with Crippen molar-refractivity contribution >= 4 is 36.0 Å². The maximum atomic E-state index is 11.7. The lowest BCUT2D eigenvalue weighted by Gasteiger charge is -2.19. The van der Waals surface area contributed by atoms with E-state index in [4.69, 9.17) is 14.2 Å². The van der Waals surface area contributed by atoms with Gasteiger partial charge in [0.25, 0.3) is 0 Å². The minimum Gasteiger partial charge on any atom is -0.444 e. The fourth-order valence-electron chi connectivity index (χ4n) is 2.58. The summed E-state index contributed by atoms with van der Waals surface area (Å²) in [6.45, 7) is 14.6. The van der Waals surface area contributed by atoms with Gasteiger partial charge in [-0.15, -0.1) is 24.0 Å². The van der Waals surface area contributed by atoms with Gasteiger partial charge < -0.3 is 30.2 Å². The molecule has 0 bridgehead atoms. The summed E-state index contributed by atoms with van der Waals surface area (Å²) in [7, 11) is 0. The first-order valence-corrected chi connectivity index (χ1v) is 11.1. The molecule has 0 saturated carbocycles. The Hall–Kier alpha value is -1.59. The van der Waals surface area contributed by atoms with Gasteiger partial charge in [0.1, 0.15) is 5.60 Å². The van der Waals surface area contributed by atoms with Crippen molar-refractivity contribution < 1.29 is 19.0 Å². The van der Waals surface area contributed by atoms with E-state index in [1.54, 1.807) is 0 Å². The molecular weight excluding hydrogens is 523 g/mol. The second-order valence-corrected chi connectivity index (χ2v) is 7.97. The molecule has 1 amide bonds. The van der Waals surface area contributed by atoms with Gasteiger partial charge in [0.2, 0.25) is 0 Å². The van der Waals surface area contributed by atoms with Crippen LogP contribution < -0.4 is 16.0 Å². The molecule has 0 saturated heterocycles. The Morgan fingerprint density at radius 3 is 2.38 bits per heavy atom. The average molecular weight is 565 g/mol. The van der Waals surface area contributed by atoms with Crippen molar-refractivity contribution in [2.45, 2.75) is 59.8 Å². The Kier molecular flexibility index (Phi) is 17.0. The number of nitrogens with zero attached hydrogens (tertiary/aromatic N) is 1. The Morgan fingerprint density at radius 1 is 1.00 bits per heavy atom. The largest absolute Gasteiger partial charge is 0.444 e. The van der Waals surface area contributed by atoms with E-state index in [0.717, 1.165) is 30.1 Å². The highest BCUT2D eigenvalue weighted by Gasteiger charge is 2.15. The zero-order valence-corrected chi connectivity index (χ0v) is 22.5. The topological polar surface area (TPSA) is 93.2 Å². The number of hydrogen-bond acceptors (Lipinski definition) is 5. The van der Waals surface area contributed by atoms with Crippen molar-refractivity contribution in [3.05, 3.63) is 35.4 Å². The minimum absolute atomic E-state index is 0. The molecule has 1 aromatic rings. The van der Waals surface area contributed by atoms with Crippen molar-refractivity contribution in [1.29, 1.82) is 0 Å². The number of aliphatic imine (C=N–C) groups is 1. The van der Waals surface area contributed by atoms with Gasteiger partial charge in [0.05, 0.1) is 26.4 Å². The van der Waals surface area contributed by atoms with E-state index in [1.165, 1.54) is 0 Å². The van der Waals surface area contributed by atoms with Gasteiger partial charge in [-0.2, -0.15) is 0 Å². The normalized spacial score (nSPS) is 11.5. The molecular formula is C23H41IN4O4. The first-order valence-electron chi connectivity index (χ1n) is 11.1. The van der Waals surface area contributed by atoms with E-state index < -0.39 is 11.7 Å². The molecule has 0 aromatic heterocycles. The lowest BCUT2D eigenvalue weighted by atomic mass is 10.1. The highest BCUT2D eigenvalue weighted by atomic mass is 127. The van der Waals surface area contributed by atoms with Crippen LogP contribution in [-0.2, 0) is 27.4 Å². The quantitative estimate of drug-likeness (QED) is 0.146. The molecule has 9 heteroatoms. The lowest BCUT2D eigenvalue weighted by molar-refractivity contribution is 0.0453. The highest BCUT2D eigenvalue weighted by Crippen LogP contribution is 2.08. The van der Waals surface area contributed by atoms with Gasteiger partial charge in [0, 0.05) is 26.2 Å². The number of carbonyl (C=O) groups is 1. The number of rotatable bonds is 13. The smallest absolute Gasteiger partial charge is 0.407 e. The molecule has 0 atom stereocenters. The number of carbonyl (C=O) groups excluding carboxylic acids is 1. The molecule has 0 spiro atoms. The number of amides is 1. The van der Waals surface area contributed by atoms with Crippen LogP contribution in [-0.4, -0.2) is 57.1 Å². The Balaban J connectivity index is 0.00000961. The van der Waals surface area contributed by atoms with Crippen LogP contribution in [0.3, 0.4) is 0 Å². The molecule has 0 radical (unpaired) electrons. The molecule has 8 nitrogen and oxygen atoms in total. The average Bonchev–Trinajstić information content (AvgIpc) is 2.70. The van der Waals surface area contributed by atoms with Crippen molar-refractivity contribution in [2.24, 2.45) is 4.99 Å². The van der Waals surface area contributed by atoms with Crippen molar-refractivity contribution in [3.63, 3.8) is 0 Å². The molecule has 1 rings (SSSR count). The third-order valence-corrected chi connectivity index (χ3v) is 3.91. The highest BCUT2D eigenvalue weighted by molar-refractivity contribution is 14.0. The van der Waals surface area contributed by atoms with Crippen molar-refractivity contribution in [1.82, 2.24) is 16.0 Å². The van der Waals surface area contributed by atoms with E-state index in [1.807, 2.05) is 40.7 Å². The third kappa shape index (κ3) is 16.1. The molecule has 184 valence electrons. The van der Waals surface area contributed by atoms with Crippen LogP contribution >= 0.6 is 24.0 Å². The van der Waals surface area contributed by atoms with Gasteiger partial charge in [-0.25, -0.2) is 9.79 Å². The first-order chi connectivity index (χ1) is 14.8. The molecule has 0 aliphatic rings. The number of alkyl carbamates (subject to hydrolysis) is 1. The van der Waals surface area contributed by atoms with Crippen LogP contribution in [0.15, 0.2) is 29.3 Å². The number of benzene rings is 1. The van der Waals surface area contributed by atoms with Crippen molar-refractivity contribution in [3.8, 4) is 0 Å². The van der Waals surface area contributed by atoms with Crippen LogP contribution in [0.4, 0.5) is 4.79 Å². The van der Waals surface area contributed by atoms with E-state index in [9.17, 15) is 4.79 Å². The van der Waals surface area contributed by atoms with Gasteiger partial charge in [-0.1, -0.05) is 24.3 Å². The summed E-state index contributed by atoms with van der Waals surface area (Å²) in [4.78, 5) is 16.3. The molecule has 0 heterocycles. The van der Waals surface area contributed by atoms with Gasteiger partial charge in [-0.05, 0) is 52.2 Å². The standard InChI is InChI=1S/C23H40N4O4.HI/c1-6-24-21(25-12-9-13-26-22(28)31-23(3,4)5)27-17-19-10-8-11-20(16-19)18-30-15-14-29-7-2;/h8,10-11,16H,6-7,9,12-15,17-18H2,1-5H3,(H,26,28)(H2,24,25,27);1H. The second kappa shape index (κ2) is 17.9. The Labute approximate surface area is 210 Å². The summed E-state index contributed by atoms with van der Waals surface area (Å²) >= 11 is 0. The first kappa shape index (κ1) is 30.4. The van der Waals surface area contributed by atoms with E-state index in [0.29, 0.717) is 46.1 Å². The summed E-state index contributed by atoms with van der Waals surface area (Å²) < 4.78 is 16.1. The maximum Gasteiger partial charge on any atom is 0.407 e. The number of ether oxygens (including phenoxy) is 3. The third-order valence-electron chi connectivity index (χ3n) is 3.91. The van der Waals surface area contributed by atoms with Crippen LogP contribution in [0.5, 0.6) is 0 Å². The molecule has 32 heavy (non-hydrogen) atoms. The summed E-state index contributed by atoms with van der Waals surface area (Å²) in [6, 6.07) is 8.24. The monoisotopic (exact) mass is 564 g/mol. The summed E-state index contributed by atoms with van der Waals surface area (Å²) in [5.74, 6) is 0.748. The lowest BCUT2D eigenvalue weighted by Crippen LogP contribution is -2.39. The zero-order valence-electron chi connectivity index (χ0n) is 20.2. The predicted molar refractivity (Wildman–Crippen MR) is 140 cm³/mol. The summed E-state index contributed by atoms with van der Waals surface area (Å²) in [5.41, 5.74) is 1.75. The fourth-order valence-corrected chi connectivity index (χ4v) is 2.58.